The normalized spacial score (nSPS) is 10.2. The number of carbonyl (C=O) groups is 1. The molecular weight excluding hydrogens is 258 g/mol. The summed E-state index contributed by atoms with van der Waals surface area (Å²) < 4.78 is 5.14. The molecule has 17 heavy (non-hydrogen) atoms. The number of carbonyl (C=O) groups excluding carboxylic acids is 1. The Labute approximate surface area is 108 Å². The fraction of sp³-hybridized carbons (Fsp3) is 0.0833. The van der Waals surface area contributed by atoms with E-state index in [-0.39, 0.29) is 5.78 Å². The number of methoxy groups -OCH3 is 1. The summed E-state index contributed by atoms with van der Waals surface area (Å²) in [5.41, 5.74) is 6.62. The minimum absolute atomic E-state index is 0.172. The molecule has 2 aromatic rings. The number of hydrogen-bond donors (Lipinski definition) is 1. The van der Waals surface area contributed by atoms with Crippen LogP contribution in [0.25, 0.3) is 0 Å². The number of hydrogen-bond acceptors (Lipinski definition) is 4. The summed E-state index contributed by atoms with van der Waals surface area (Å²) in [4.78, 5) is 12.7. The summed E-state index contributed by atoms with van der Waals surface area (Å²) in [6.07, 6.45) is 0. The van der Waals surface area contributed by atoms with Crippen molar-refractivity contribution in [1.29, 1.82) is 0 Å². The van der Waals surface area contributed by atoms with Gasteiger partial charge in [-0.3, -0.25) is 4.79 Å². The Kier molecular flexibility index (Phi) is 3.36. The zero-order chi connectivity index (χ0) is 12.4. The second kappa shape index (κ2) is 4.77. The third-order valence-corrected chi connectivity index (χ3v) is 3.63. The van der Waals surface area contributed by atoms with Crippen LogP contribution in [0.15, 0.2) is 29.6 Å². The minimum atomic E-state index is -0.172. The maximum Gasteiger partial charge on any atom is 0.208 e. The van der Waals surface area contributed by atoms with Crippen LogP contribution in [0.4, 0.5) is 5.69 Å². The van der Waals surface area contributed by atoms with Crippen molar-refractivity contribution >= 4 is 34.4 Å². The van der Waals surface area contributed by atoms with E-state index < -0.39 is 0 Å². The van der Waals surface area contributed by atoms with Crippen LogP contribution in [0, 0.1) is 0 Å². The van der Waals surface area contributed by atoms with Crippen LogP contribution in [0.2, 0.25) is 5.02 Å². The van der Waals surface area contributed by atoms with Crippen LogP contribution < -0.4 is 10.5 Å². The molecule has 0 aliphatic heterocycles. The van der Waals surface area contributed by atoms with Gasteiger partial charge in [-0.15, -0.1) is 11.3 Å². The smallest absolute Gasteiger partial charge is 0.208 e. The largest absolute Gasteiger partial charge is 0.496 e. The maximum absolute atomic E-state index is 12.3. The standard InChI is InChI=1S/C12H10ClNO2S/c1-16-10-3-2-7(14)6-8(10)11(15)12-9(13)4-5-17-12/h2-6H,14H2,1H3. The maximum atomic E-state index is 12.3. The number of anilines is 1. The van der Waals surface area contributed by atoms with Crippen molar-refractivity contribution in [2.45, 2.75) is 0 Å². The summed E-state index contributed by atoms with van der Waals surface area (Å²) in [7, 11) is 1.51. The molecule has 0 spiro atoms. The molecule has 1 heterocycles. The number of thiophene rings is 1. The molecule has 0 saturated heterocycles. The van der Waals surface area contributed by atoms with Crippen molar-refractivity contribution < 1.29 is 9.53 Å². The quantitative estimate of drug-likeness (QED) is 0.686. The van der Waals surface area contributed by atoms with E-state index in [9.17, 15) is 4.79 Å². The number of ketones is 1. The molecule has 0 aliphatic rings. The highest BCUT2D eigenvalue weighted by molar-refractivity contribution is 7.13. The fourth-order valence-electron chi connectivity index (χ4n) is 1.48. The highest BCUT2D eigenvalue weighted by Crippen LogP contribution is 2.29. The van der Waals surface area contributed by atoms with Crippen molar-refractivity contribution in [1.82, 2.24) is 0 Å². The summed E-state index contributed by atoms with van der Waals surface area (Å²) in [6, 6.07) is 6.64. The zero-order valence-corrected chi connectivity index (χ0v) is 10.6. The Hall–Kier alpha value is -1.52. The Balaban J connectivity index is 2.50. The van der Waals surface area contributed by atoms with Crippen molar-refractivity contribution in [2.75, 3.05) is 12.8 Å². The van der Waals surface area contributed by atoms with Crippen LogP contribution in [0.3, 0.4) is 0 Å². The highest BCUT2D eigenvalue weighted by atomic mass is 35.5. The van der Waals surface area contributed by atoms with Gasteiger partial charge >= 0.3 is 0 Å². The molecule has 88 valence electrons. The molecular formula is C12H10ClNO2S. The van der Waals surface area contributed by atoms with Gasteiger partial charge < -0.3 is 10.5 Å². The monoisotopic (exact) mass is 267 g/mol. The molecule has 0 aliphatic carbocycles. The van der Waals surface area contributed by atoms with Gasteiger partial charge in [0.2, 0.25) is 5.78 Å². The molecule has 2 N–H and O–H groups in total. The number of nitrogen functional groups attached to an aromatic ring is 1. The van der Waals surface area contributed by atoms with E-state index in [1.54, 1.807) is 29.6 Å². The minimum Gasteiger partial charge on any atom is -0.496 e. The first kappa shape index (κ1) is 12.0. The molecule has 1 aromatic carbocycles. The van der Waals surface area contributed by atoms with E-state index in [1.165, 1.54) is 18.4 Å². The summed E-state index contributed by atoms with van der Waals surface area (Å²) in [6.45, 7) is 0. The van der Waals surface area contributed by atoms with E-state index in [4.69, 9.17) is 22.1 Å². The summed E-state index contributed by atoms with van der Waals surface area (Å²) >= 11 is 7.24. The van der Waals surface area contributed by atoms with Crippen LogP contribution >= 0.6 is 22.9 Å². The van der Waals surface area contributed by atoms with Gasteiger partial charge in [-0.2, -0.15) is 0 Å². The predicted molar refractivity (Wildman–Crippen MR) is 70.2 cm³/mol. The zero-order valence-electron chi connectivity index (χ0n) is 9.07. The molecule has 1 aromatic heterocycles. The SMILES string of the molecule is COc1ccc(N)cc1C(=O)c1sccc1Cl. The lowest BCUT2D eigenvalue weighted by Crippen LogP contribution is -2.03. The molecule has 0 bridgehead atoms. The van der Waals surface area contributed by atoms with Gasteiger partial charge in [0.05, 0.1) is 22.6 Å². The molecule has 5 heteroatoms. The Bertz CT molecular complexity index is 565. The van der Waals surface area contributed by atoms with Crippen LogP contribution in [0.5, 0.6) is 5.75 Å². The molecule has 2 rings (SSSR count). The van der Waals surface area contributed by atoms with Gasteiger partial charge in [-0.05, 0) is 29.6 Å². The molecule has 0 amide bonds. The van der Waals surface area contributed by atoms with Crippen molar-refractivity contribution in [3.05, 3.63) is 45.1 Å². The van der Waals surface area contributed by atoms with Gasteiger partial charge in [0, 0.05) is 5.69 Å². The topological polar surface area (TPSA) is 52.3 Å². The van der Waals surface area contributed by atoms with Crippen LogP contribution in [-0.4, -0.2) is 12.9 Å². The van der Waals surface area contributed by atoms with E-state index in [2.05, 4.69) is 0 Å². The van der Waals surface area contributed by atoms with Crippen molar-refractivity contribution in [3.63, 3.8) is 0 Å². The van der Waals surface area contributed by atoms with Crippen molar-refractivity contribution in [2.24, 2.45) is 0 Å². The Morgan fingerprint density at radius 1 is 1.41 bits per heavy atom. The van der Waals surface area contributed by atoms with Gasteiger partial charge in [-0.25, -0.2) is 0 Å². The average molecular weight is 268 g/mol. The van der Waals surface area contributed by atoms with E-state index in [0.29, 0.717) is 26.9 Å². The second-order valence-corrected chi connectivity index (χ2v) is 4.71. The number of nitrogens with two attached hydrogens (primary N) is 1. The number of halogens is 1. The van der Waals surface area contributed by atoms with Crippen LogP contribution in [-0.2, 0) is 0 Å². The number of benzene rings is 1. The Morgan fingerprint density at radius 2 is 2.18 bits per heavy atom. The second-order valence-electron chi connectivity index (χ2n) is 3.39. The van der Waals surface area contributed by atoms with Crippen LogP contribution in [0.1, 0.15) is 15.2 Å². The molecule has 0 saturated carbocycles. The lowest BCUT2D eigenvalue weighted by Gasteiger charge is -2.07. The van der Waals surface area contributed by atoms with E-state index in [1.807, 2.05) is 0 Å². The summed E-state index contributed by atoms with van der Waals surface area (Å²) in [5.74, 6) is 0.322. The fourth-order valence-corrected chi connectivity index (χ4v) is 2.58. The molecule has 0 atom stereocenters. The van der Waals surface area contributed by atoms with E-state index in [0.717, 1.165) is 0 Å². The number of ether oxygens (including phenoxy) is 1. The highest BCUT2D eigenvalue weighted by Gasteiger charge is 2.18. The summed E-state index contributed by atoms with van der Waals surface area (Å²) in [5, 5.41) is 2.22. The molecule has 0 unspecified atom stereocenters. The molecule has 0 radical (unpaired) electrons. The lowest BCUT2D eigenvalue weighted by molar-refractivity contribution is 0.104. The van der Waals surface area contributed by atoms with Crippen molar-refractivity contribution in [3.8, 4) is 5.75 Å². The average Bonchev–Trinajstić information content (AvgIpc) is 2.74. The van der Waals surface area contributed by atoms with Gasteiger partial charge in [-0.1, -0.05) is 11.6 Å². The van der Waals surface area contributed by atoms with E-state index >= 15 is 0 Å². The first-order valence-corrected chi connectivity index (χ1v) is 6.10. The Morgan fingerprint density at radius 3 is 2.76 bits per heavy atom. The van der Waals surface area contributed by atoms with Gasteiger partial charge in [0.25, 0.3) is 0 Å². The third kappa shape index (κ3) is 2.28. The molecule has 3 nitrogen and oxygen atoms in total. The van der Waals surface area contributed by atoms with Gasteiger partial charge in [0.1, 0.15) is 5.75 Å². The first-order valence-electron chi connectivity index (χ1n) is 4.84. The predicted octanol–water partition coefficient (Wildman–Crippen LogP) is 3.22. The first-order chi connectivity index (χ1) is 8.13. The molecule has 0 fully saturated rings. The number of rotatable bonds is 3. The lowest BCUT2D eigenvalue weighted by atomic mass is 10.1. The van der Waals surface area contributed by atoms with Gasteiger partial charge in [0.15, 0.2) is 0 Å². The third-order valence-electron chi connectivity index (χ3n) is 2.29.